The second kappa shape index (κ2) is 5.25. The Kier molecular flexibility index (Phi) is 3.44. The number of rotatable bonds is 2. The Morgan fingerprint density at radius 1 is 1.30 bits per heavy atom. The van der Waals surface area contributed by atoms with Crippen LogP contribution in [0.5, 0.6) is 0 Å². The first-order chi connectivity index (χ1) is 9.61. The van der Waals surface area contributed by atoms with E-state index in [1.54, 1.807) is 0 Å². The third kappa shape index (κ3) is 2.67. The molecule has 3 rings (SSSR count). The van der Waals surface area contributed by atoms with Crippen molar-refractivity contribution in [2.75, 3.05) is 33.2 Å². The summed E-state index contributed by atoms with van der Waals surface area (Å²) in [6, 6.07) is 5.78. The lowest BCUT2D eigenvalue weighted by Gasteiger charge is -2.32. The molecule has 1 amide bonds. The first-order valence-corrected chi connectivity index (χ1v) is 6.94. The summed E-state index contributed by atoms with van der Waals surface area (Å²) in [7, 11) is 2.09. The molecule has 0 atom stereocenters. The van der Waals surface area contributed by atoms with Crippen molar-refractivity contribution in [3.05, 3.63) is 29.7 Å². The largest absolute Gasteiger partial charge is 0.441 e. The van der Waals surface area contributed by atoms with Crippen LogP contribution in [0.3, 0.4) is 0 Å². The zero-order valence-corrected chi connectivity index (χ0v) is 11.9. The van der Waals surface area contributed by atoms with E-state index in [1.807, 2.05) is 30.0 Å². The summed E-state index contributed by atoms with van der Waals surface area (Å²) >= 11 is 0. The quantitative estimate of drug-likeness (QED) is 0.831. The van der Waals surface area contributed by atoms with Crippen molar-refractivity contribution in [2.24, 2.45) is 0 Å². The smallest absolute Gasteiger partial charge is 0.227 e. The van der Waals surface area contributed by atoms with Crippen LogP contribution >= 0.6 is 0 Å². The number of carbonyl (C=O) groups excluding carboxylic acids is 1. The topological polar surface area (TPSA) is 49.6 Å². The third-order valence-electron chi connectivity index (χ3n) is 3.77. The van der Waals surface area contributed by atoms with Crippen LogP contribution in [0.2, 0.25) is 0 Å². The predicted molar refractivity (Wildman–Crippen MR) is 76.5 cm³/mol. The SMILES string of the molecule is Cc1nc2cc(CC(=O)N3CCN(C)CC3)ccc2o1. The van der Waals surface area contributed by atoms with Gasteiger partial charge in [0.1, 0.15) is 5.52 Å². The minimum absolute atomic E-state index is 0.192. The van der Waals surface area contributed by atoms with Crippen LogP contribution in [0.15, 0.2) is 22.6 Å². The molecule has 2 aromatic rings. The average Bonchev–Trinajstić information content (AvgIpc) is 2.78. The van der Waals surface area contributed by atoms with Crippen molar-refractivity contribution in [3.8, 4) is 0 Å². The number of hydrogen-bond donors (Lipinski definition) is 0. The zero-order chi connectivity index (χ0) is 14.1. The molecule has 0 unspecified atom stereocenters. The number of piperazine rings is 1. The number of hydrogen-bond acceptors (Lipinski definition) is 4. The molecule has 0 N–H and O–H groups in total. The maximum Gasteiger partial charge on any atom is 0.227 e. The standard InChI is InChI=1S/C15H19N3O2/c1-11-16-13-9-12(3-4-14(13)20-11)10-15(19)18-7-5-17(2)6-8-18/h3-4,9H,5-8,10H2,1-2H3. The molecule has 0 radical (unpaired) electrons. The maximum atomic E-state index is 12.3. The lowest BCUT2D eigenvalue weighted by atomic mass is 10.1. The second-order valence-corrected chi connectivity index (χ2v) is 5.40. The molecule has 1 aromatic carbocycles. The van der Waals surface area contributed by atoms with E-state index in [1.165, 1.54) is 0 Å². The Labute approximate surface area is 118 Å². The van der Waals surface area contributed by atoms with E-state index in [2.05, 4.69) is 16.9 Å². The van der Waals surface area contributed by atoms with Gasteiger partial charge in [-0.2, -0.15) is 0 Å². The molecule has 2 heterocycles. The van der Waals surface area contributed by atoms with Gasteiger partial charge in [0.25, 0.3) is 0 Å². The lowest BCUT2D eigenvalue weighted by Crippen LogP contribution is -2.47. The van der Waals surface area contributed by atoms with Gasteiger partial charge in [0.2, 0.25) is 5.91 Å². The van der Waals surface area contributed by atoms with Crippen LogP contribution < -0.4 is 0 Å². The summed E-state index contributed by atoms with van der Waals surface area (Å²) in [5, 5.41) is 0. The van der Waals surface area contributed by atoms with E-state index in [0.717, 1.165) is 42.8 Å². The number of likely N-dealkylation sites (N-methyl/N-ethyl adjacent to an activating group) is 1. The molecular weight excluding hydrogens is 254 g/mol. The predicted octanol–water partition coefficient (Wildman–Crippen LogP) is 1.45. The minimum atomic E-state index is 0.192. The number of nitrogens with zero attached hydrogens (tertiary/aromatic N) is 3. The van der Waals surface area contributed by atoms with Gasteiger partial charge < -0.3 is 14.2 Å². The van der Waals surface area contributed by atoms with Crippen LogP contribution in [0.25, 0.3) is 11.1 Å². The second-order valence-electron chi connectivity index (χ2n) is 5.40. The van der Waals surface area contributed by atoms with Gasteiger partial charge in [-0.3, -0.25) is 4.79 Å². The van der Waals surface area contributed by atoms with Gasteiger partial charge in [-0.1, -0.05) is 6.07 Å². The minimum Gasteiger partial charge on any atom is -0.441 e. The molecule has 1 aliphatic rings. The van der Waals surface area contributed by atoms with E-state index in [-0.39, 0.29) is 5.91 Å². The number of benzene rings is 1. The van der Waals surface area contributed by atoms with E-state index < -0.39 is 0 Å². The van der Waals surface area contributed by atoms with Crippen LogP contribution in [0, 0.1) is 6.92 Å². The molecule has 0 bridgehead atoms. The number of aryl methyl sites for hydroxylation is 1. The van der Waals surface area contributed by atoms with E-state index in [4.69, 9.17) is 4.42 Å². The molecule has 106 valence electrons. The highest BCUT2D eigenvalue weighted by Crippen LogP contribution is 2.17. The van der Waals surface area contributed by atoms with E-state index in [0.29, 0.717) is 12.3 Å². The van der Waals surface area contributed by atoms with Crippen molar-refractivity contribution in [1.29, 1.82) is 0 Å². The van der Waals surface area contributed by atoms with Gasteiger partial charge >= 0.3 is 0 Å². The molecule has 1 fully saturated rings. The summed E-state index contributed by atoms with van der Waals surface area (Å²) < 4.78 is 5.44. The van der Waals surface area contributed by atoms with Gasteiger partial charge in [-0.25, -0.2) is 4.98 Å². The van der Waals surface area contributed by atoms with Crippen LogP contribution in [-0.2, 0) is 11.2 Å². The first kappa shape index (κ1) is 13.1. The number of aromatic nitrogens is 1. The monoisotopic (exact) mass is 273 g/mol. The van der Waals surface area contributed by atoms with Gasteiger partial charge in [0.15, 0.2) is 11.5 Å². The zero-order valence-electron chi connectivity index (χ0n) is 11.9. The summed E-state index contributed by atoms with van der Waals surface area (Å²) in [6.45, 7) is 5.37. The highest BCUT2D eigenvalue weighted by Gasteiger charge is 2.19. The van der Waals surface area contributed by atoms with Crippen molar-refractivity contribution < 1.29 is 9.21 Å². The van der Waals surface area contributed by atoms with Crippen molar-refractivity contribution >= 4 is 17.0 Å². The number of oxazole rings is 1. The fraction of sp³-hybridized carbons (Fsp3) is 0.467. The Morgan fingerprint density at radius 3 is 2.80 bits per heavy atom. The Balaban J connectivity index is 1.70. The van der Waals surface area contributed by atoms with Crippen molar-refractivity contribution in [2.45, 2.75) is 13.3 Å². The van der Waals surface area contributed by atoms with Crippen molar-refractivity contribution in [3.63, 3.8) is 0 Å². The third-order valence-corrected chi connectivity index (χ3v) is 3.77. The Bertz CT molecular complexity index is 627. The Hall–Kier alpha value is -1.88. The normalized spacial score (nSPS) is 16.8. The summed E-state index contributed by atoms with van der Waals surface area (Å²) in [5.74, 6) is 0.847. The number of carbonyl (C=O) groups is 1. The molecule has 1 saturated heterocycles. The van der Waals surface area contributed by atoms with Gasteiger partial charge in [-0.15, -0.1) is 0 Å². The highest BCUT2D eigenvalue weighted by molar-refractivity contribution is 5.81. The lowest BCUT2D eigenvalue weighted by molar-refractivity contribution is -0.132. The van der Waals surface area contributed by atoms with Gasteiger partial charge in [-0.05, 0) is 24.7 Å². The summed E-state index contributed by atoms with van der Waals surface area (Å²) in [5.41, 5.74) is 2.60. The molecule has 1 aromatic heterocycles. The number of amides is 1. The Morgan fingerprint density at radius 2 is 2.05 bits per heavy atom. The number of fused-ring (bicyclic) bond motifs is 1. The van der Waals surface area contributed by atoms with Crippen LogP contribution in [0.1, 0.15) is 11.5 Å². The van der Waals surface area contributed by atoms with Gasteiger partial charge in [0.05, 0.1) is 6.42 Å². The van der Waals surface area contributed by atoms with E-state index >= 15 is 0 Å². The summed E-state index contributed by atoms with van der Waals surface area (Å²) in [4.78, 5) is 20.8. The fourth-order valence-corrected chi connectivity index (χ4v) is 2.54. The van der Waals surface area contributed by atoms with E-state index in [9.17, 15) is 4.79 Å². The van der Waals surface area contributed by atoms with Crippen LogP contribution in [0.4, 0.5) is 0 Å². The molecule has 0 saturated carbocycles. The van der Waals surface area contributed by atoms with Gasteiger partial charge in [0, 0.05) is 33.1 Å². The van der Waals surface area contributed by atoms with Crippen LogP contribution in [-0.4, -0.2) is 53.9 Å². The molecule has 1 aliphatic heterocycles. The molecule has 0 spiro atoms. The fourth-order valence-electron chi connectivity index (χ4n) is 2.54. The van der Waals surface area contributed by atoms with Crippen molar-refractivity contribution in [1.82, 2.24) is 14.8 Å². The maximum absolute atomic E-state index is 12.3. The first-order valence-electron chi connectivity index (χ1n) is 6.94. The summed E-state index contributed by atoms with van der Waals surface area (Å²) in [6.07, 6.45) is 0.436. The molecular formula is C15H19N3O2. The molecule has 0 aliphatic carbocycles. The highest BCUT2D eigenvalue weighted by atomic mass is 16.3. The average molecular weight is 273 g/mol. The molecule has 5 nitrogen and oxygen atoms in total. The molecule has 5 heteroatoms. The molecule has 20 heavy (non-hydrogen) atoms.